The molecule has 1 saturated heterocycles. The molecule has 6 nitrogen and oxygen atoms in total. The smallest absolute Gasteiger partial charge is 0.254 e. The zero-order valence-electron chi connectivity index (χ0n) is 15.4. The van der Waals surface area contributed by atoms with Crippen LogP contribution in [-0.4, -0.2) is 48.3 Å². The van der Waals surface area contributed by atoms with Gasteiger partial charge in [0, 0.05) is 24.4 Å². The van der Waals surface area contributed by atoms with E-state index in [-0.39, 0.29) is 18.1 Å². The van der Waals surface area contributed by atoms with E-state index in [9.17, 15) is 4.79 Å². The van der Waals surface area contributed by atoms with Crippen molar-refractivity contribution in [1.29, 1.82) is 0 Å². The van der Waals surface area contributed by atoms with Gasteiger partial charge in [0.2, 0.25) is 0 Å². The lowest BCUT2D eigenvalue weighted by Gasteiger charge is -2.35. The third-order valence-electron chi connectivity index (χ3n) is 4.39. The van der Waals surface area contributed by atoms with Crippen LogP contribution in [0.3, 0.4) is 0 Å². The molecular formula is C19H25N3O3S. The first-order valence-electron chi connectivity index (χ1n) is 8.88. The number of nitrogens with zero attached hydrogens (tertiary/aromatic N) is 1. The van der Waals surface area contributed by atoms with Crippen LogP contribution in [0.1, 0.15) is 32.4 Å². The molecule has 1 aromatic carbocycles. The predicted octanol–water partition coefficient (Wildman–Crippen LogP) is 2.13. The van der Waals surface area contributed by atoms with Crippen molar-refractivity contribution >= 4 is 23.2 Å². The van der Waals surface area contributed by atoms with Crippen LogP contribution in [0.4, 0.5) is 0 Å². The van der Waals surface area contributed by atoms with E-state index in [0.717, 1.165) is 17.0 Å². The van der Waals surface area contributed by atoms with Crippen LogP contribution in [0.2, 0.25) is 0 Å². The fraction of sp³-hybridized carbons (Fsp3) is 0.474. The first-order valence-corrected chi connectivity index (χ1v) is 9.29. The van der Waals surface area contributed by atoms with Gasteiger partial charge in [-0.05, 0) is 39.1 Å². The summed E-state index contributed by atoms with van der Waals surface area (Å²) in [6.45, 7) is 8.17. The summed E-state index contributed by atoms with van der Waals surface area (Å²) in [5, 5.41) is 6.85. The van der Waals surface area contributed by atoms with Gasteiger partial charge in [0.25, 0.3) is 5.91 Å². The molecule has 0 aromatic heterocycles. The Morgan fingerprint density at radius 1 is 1.31 bits per heavy atom. The molecule has 7 heteroatoms. The van der Waals surface area contributed by atoms with Crippen molar-refractivity contribution in [2.75, 3.05) is 26.3 Å². The minimum Gasteiger partial charge on any atom is -0.491 e. The van der Waals surface area contributed by atoms with Crippen molar-refractivity contribution in [2.45, 2.75) is 32.9 Å². The maximum atomic E-state index is 13.2. The third kappa shape index (κ3) is 3.99. The normalized spacial score (nSPS) is 20.7. The van der Waals surface area contributed by atoms with Gasteiger partial charge in [-0.1, -0.05) is 18.2 Å². The van der Waals surface area contributed by atoms with Gasteiger partial charge in [0.15, 0.2) is 5.11 Å². The maximum Gasteiger partial charge on any atom is 0.254 e. The first kappa shape index (κ1) is 18.7. The molecule has 1 aromatic rings. The molecule has 1 unspecified atom stereocenters. The largest absolute Gasteiger partial charge is 0.491 e. The summed E-state index contributed by atoms with van der Waals surface area (Å²) in [6, 6.07) is 7.42. The van der Waals surface area contributed by atoms with Crippen LogP contribution in [0.5, 0.6) is 5.75 Å². The van der Waals surface area contributed by atoms with Crippen molar-refractivity contribution in [3.05, 3.63) is 41.1 Å². The molecular weight excluding hydrogens is 350 g/mol. The van der Waals surface area contributed by atoms with Crippen molar-refractivity contribution in [2.24, 2.45) is 0 Å². The summed E-state index contributed by atoms with van der Waals surface area (Å²) >= 11 is 5.34. The number of thiocarbonyl (C=S) groups is 1. The molecule has 0 bridgehead atoms. The summed E-state index contributed by atoms with van der Waals surface area (Å²) in [7, 11) is 0. The number of allylic oxidation sites excluding steroid dienone is 1. The Morgan fingerprint density at radius 3 is 2.69 bits per heavy atom. The van der Waals surface area contributed by atoms with Gasteiger partial charge in [-0.25, -0.2) is 0 Å². The summed E-state index contributed by atoms with van der Waals surface area (Å²) in [6.07, 6.45) is 0.0355. The van der Waals surface area contributed by atoms with Crippen LogP contribution in [0.15, 0.2) is 35.5 Å². The zero-order chi connectivity index (χ0) is 18.7. The topological polar surface area (TPSA) is 62.8 Å². The van der Waals surface area contributed by atoms with Crippen LogP contribution in [0, 0.1) is 0 Å². The quantitative estimate of drug-likeness (QED) is 0.786. The number of rotatable bonds is 4. The second-order valence-electron chi connectivity index (χ2n) is 6.68. The Hall–Kier alpha value is -2.12. The molecule has 140 valence electrons. The number of carbonyl (C=O) groups is 1. The fourth-order valence-electron chi connectivity index (χ4n) is 3.23. The second-order valence-corrected chi connectivity index (χ2v) is 7.09. The van der Waals surface area contributed by atoms with Crippen molar-refractivity contribution in [1.82, 2.24) is 15.5 Å². The van der Waals surface area contributed by atoms with Gasteiger partial charge in [-0.15, -0.1) is 0 Å². The van der Waals surface area contributed by atoms with Gasteiger partial charge in [0.1, 0.15) is 5.75 Å². The number of ether oxygens (including phenoxy) is 2. The SMILES string of the molecule is CC1=C(C(=O)N2CCOCC2)C(c2ccccc2OC(C)C)NC(=S)N1. The molecule has 26 heavy (non-hydrogen) atoms. The lowest BCUT2D eigenvalue weighted by Crippen LogP contribution is -2.49. The Labute approximate surface area is 159 Å². The minimum absolute atomic E-state index is 0.00218. The van der Waals surface area contributed by atoms with Crippen molar-refractivity contribution < 1.29 is 14.3 Å². The van der Waals surface area contributed by atoms with Crippen LogP contribution in [-0.2, 0) is 9.53 Å². The van der Waals surface area contributed by atoms with Gasteiger partial charge in [-0.2, -0.15) is 0 Å². The van der Waals surface area contributed by atoms with Crippen LogP contribution >= 0.6 is 12.2 Å². The van der Waals surface area contributed by atoms with E-state index in [4.69, 9.17) is 21.7 Å². The predicted molar refractivity (Wildman–Crippen MR) is 104 cm³/mol. The molecule has 0 spiro atoms. The molecule has 2 heterocycles. The van der Waals surface area contributed by atoms with E-state index in [1.54, 1.807) is 0 Å². The monoisotopic (exact) mass is 375 g/mol. The lowest BCUT2D eigenvalue weighted by molar-refractivity contribution is -0.131. The van der Waals surface area contributed by atoms with E-state index < -0.39 is 0 Å². The molecule has 1 atom stereocenters. The molecule has 1 fully saturated rings. The number of morpholine rings is 1. The third-order valence-corrected chi connectivity index (χ3v) is 4.61. The molecule has 2 aliphatic heterocycles. The lowest BCUT2D eigenvalue weighted by atomic mass is 9.93. The number of nitrogens with one attached hydrogen (secondary N) is 2. The van der Waals surface area contributed by atoms with Gasteiger partial charge >= 0.3 is 0 Å². The fourth-order valence-corrected chi connectivity index (χ4v) is 3.50. The Balaban J connectivity index is 1.99. The van der Waals surface area contributed by atoms with Crippen molar-refractivity contribution in [3.8, 4) is 5.75 Å². The Bertz CT molecular complexity index is 726. The summed E-state index contributed by atoms with van der Waals surface area (Å²) in [4.78, 5) is 15.1. The molecule has 2 N–H and O–H groups in total. The van der Waals surface area contributed by atoms with Crippen LogP contribution in [0.25, 0.3) is 0 Å². The Morgan fingerprint density at radius 2 is 2.00 bits per heavy atom. The standard InChI is InChI=1S/C19H25N3O3S/c1-12(2)25-15-7-5-4-6-14(15)17-16(13(3)20-19(26)21-17)18(23)22-8-10-24-11-9-22/h4-7,12,17H,8-11H2,1-3H3,(H2,20,21,26). The highest BCUT2D eigenvalue weighted by Gasteiger charge is 2.34. The summed E-state index contributed by atoms with van der Waals surface area (Å²) in [5.74, 6) is 0.752. The summed E-state index contributed by atoms with van der Waals surface area (Å²) < 4.78 is 11.3. The minimum atomic E-state index is -0.353. The second kappa shape index (κ2) is 8.05. The molecule has 1 amide bonds. The molecule has 3 rings (SSSR count). The van der Waals surface area contributed by atoms with E-state index in [1.165, 1.54) is 0 Å². The van der Waals surface area contributed by atoms with E-state index in [1.807, 2.05) is 49.9 Å². The number of hydrogen-bond donors (Lipinski definition) is 2. The number of carbonyl (C=O) groups excluding carboxylic acids is 1. The van der Waals surface area contributed by atoms with Gasteiger partial charge in [0.05, 0.1) is 30.9 Å². The average molecular weight is 375 g/mol. The zero-order valence-corrected chi connectivity index (χ0v) is 16.2. The summed E-state index contributed by atoms with van der Waals surface area (Å²) in [5.41, 5.74) is 2.34. The molecule has 0 radical (unpaired) electrons. The molecule has 0 saturated carbocycles. The van der Waals surface area contributed by atoms with Crippen molar-refractivity contribution in [3.63, 3.8) is 0 Å². The molecule has 2 aliphatic rings. The molecule has 0 aliphatic carbocycles. The number of benzene rings is 1. The highest BCUT2D eigenvalue weighted by molar-refractivity contribution is 7.80. The van der Waals surface area contributed by atoms with E-state index >= 15 is 0 Å². The number of para-hydroxylation sites is 1. The van der Waals surface area contributed by atoms with Crippen LogP contribution < -0.4 is 15.4 Å². The number of hydrogen-bond acceptors (Lipinski definition) is 4. The Kier molecular flexibility index (Phi) is 5.78. The highest BCUT2D eigenvalue weighted by atomic mass is 32.1. The van der Waals surface area contributed by atoms with E-state index in [2.05, 4.69) is 10.6 Å². The van der Waals surface area contributed by atoms with Gasteiger partial charge in [-0.3, -0.25) is 4.79 Å². The van der Waals surface area contributed by atoms with Gasteiger partial charge < -0.3 is 25.0 Å². The maximum absolute atomic E-state index is 13.2. The average Bonchev–Trinajstić information content (AvgIpc) is 2.61. The van der Waals surface area contributed by atoms with E-state index in [0.29, 0.717) is 37.0 Å². The number of amides is 1. The highest BCUT2D eigenvalue weighted by Crippen LogP contribution is 2.34. The first-order chi connectivity index (χ1) is 12.5.